The predicted octanol–water partition coefficient (Wildman–Crippen LogP) is 3.46. The molecule has 0 aliphatic carbocycles. The zero-order valence-corrected chi connectivity index (χ0v) is 11.6. The highest BCUT2D eigenvalue weighted by atomic mass is 28.2. The molecule has 0 heterocycles. The van der Waals surface area contributed by atoms with Crippen LogP contribution in [-0.4, -0.2) is 16.4 Å². The highest BCUT2D eigenvalue weighted by Crippen LogP contribution is 2.14. The van der Waals surface area contributed by atoms with Crippen molar-refractivity contribution in [3.8, 4) is 0 Å². The molecule has 0 fully saturated rings. The first-order valence-corrected chi connectivity index (χ1v) is 7.72. The summed E-state index contributed by atoms with van der Waals surface area (Å²) in [5.74, 6) is 0.695. The lowest BCUT2D eigenvalue weighted by Gasteiger charge is -2.12. The number of unbranched alkanes of at least 4 members (excludes halogenated alkanes) is 1. The third-order valence-electron chi connectivity index (χ3n) is 2.56. The van der Waals surface area contributed by atoms with Crippen LogP contribution in [0.3, 0.4) is 0 Å². The van der Waals surface area contributed by atoms with Gasteiger partial charge in [0.15, 0.2) is 9.76 Å². The van der Waals surface area contributed by atoms with E-state index >= 15 is 0 Å². The molecule has 0 rings (SSSR count). The Hall–Kier alpha value is -0.343. The third kappa shape index (κ3) is 9.95. The van der Waals surface area contributed by atoms with Gasteiger partial charge in [-0.15, -0.1) is 13.2 Å². The Labute approximate surface area is 97.6 Å². The monoisotopic (exact) mass is 226 g/mol. The largest absolute Gasteiger partial charge is 0.424 e. The maximum absolute atomic E-state index is 5.73. The van der Waals surface area contributed by atoms with E-state index in [2.05, 4.69) is 20.1 Å². The molecule has 1 nitrogen and oxygen atoms in total. The Morgan fingerprint density at radius 2 is 1.93 bits per heavy atom. The molecular weight excluding hydrogens is 200 g/mol. The molecule has 0 amide bonds. The van der Waals surface area contributed by atoms with Gasteiger partial charge in [0, 0.05) is 6.61 Å². The van der Waals surface area contributed by atoms with E-state index in [4.69, 9.17) is 4.43 Å². The fourth-order valence-electron chi connectivity index (χ4n) is 1.61. The Kier molecular flexibility index (Phi) is 11.5. The van der Waals surface area contributed by atoms with Gasteiger partial charge in [-0.2, -0.15) is 0 Å². The van der Waals surface area contributed by atoms with Crippen LogP contribution in [0.25, 0.3) is 0 Å². The molecule has 0 N–H and O–H groups in total. The lowest BCUT2D eigenvalue weighted by Crippen LogP contribution is -2.06. The highest BCUT2D eigenvalue weighted by molar-refractivity contribution is 6.26. The maximum Gasteiger partial charge on any atom is 0.161 e. The lowest BCUT2D eigenvalue weighted by molar-refractivity contribution is 0.290. The average Bonchev–Trinajstić information content (AvgIpc) is 2.24. The van der Waals surface area contributed by atoms with Gasteiger partial charge >= 0.3 is 0 Å². The van der Waals surface area contributed by atoms with Crippen molar-refractivity contribution in [1.82, 2.24) is 0 Å². The molecule has 0 bridgehead atoms. The second-order valence-corrected chi connectivity index (χ2v) is 5.55. The summed E-state index contributed by atoms with van der Waals surface area (Å²) in [5.41, 5.74) is 0. The summed E-state index contributed by atoms with van der Waals surface area (Å²) in [6, 6.07) is 1.34. The average molecular weight is 226 g/mol. The summed E-state index contributed by atoms with van der Waals surface area (Å²) in [7, 11) is -0.222. The topological polar surface area (TPSA) is 9.23 Å². The molecule has 88 valence electrons. The van der Waals surface area contributed by atoms with Crippen LogP contribution in [-0.2, 0) is 4.43 Å². The molecule has 15 heavy (non-hydrogen) atoms. The minimum Gasteiger partial charge on any atom is -0.424 e. The summed E-state index contributed by atoms with van der Waals surface area (Å²) >= 11 is 0. The van der Waals surface area contributed by atoms with Gasteiger partial charge in [0.05, 0.1) is 0 Å². The first-order chi connectivity index (χ1) is 7.35. The van der Waals surface area contributed by atoms with Crippen molar-refractivity contribution < 1.29 is 4.43 Å². The van der Waals surface area contributed by atoms with E-state index in [1.165, 1.54) is 18.9 Å². The molecule has 0 aliphatic heterocycles. The van der Waals surface area contributed by atoms with Crippen molar-refractivity contribution in [3.05, 3.63) is 25.3 Å². The van der Waals surface area contributed by atoms with Crippen molar-refractivity contribution in [2.24, 2.45) is 5.92 Å². The second-order valence-electron chi connectivity index (χ2n) is 4.02. The Balaban J connectivity index is 3.35. The van der Waals surface area contributed by atoms with Gasteiger partial charge in [0.25, 0.3) is 0 Å². The molecule has 2 heteroatoms. The number of hydrogen-bond donors (Lipinski definition) is 0. The van der Waals surface area contributed by atoms with Crippen molar-refractivity contribution in [1.29, 1.82) is 0 Å². The van der Waals surface area contributed by atoms with Crippen molar-refractivity contribution in [2.75, 3.05) is 6.61 Å². The normalized spacial score (nSPS) is 11.3. The van der Waals surface area contributed by atoms with Crippen molar-refractivity contribution in [3.63, 3.8) is 0 Å². The van der Waals surface area contributed by atoms with Gasteiger partial charge in [-0.25, -0.2) is 0 Å². The van der Waals surface area contributed by atoms with Gasteiger partial charge in [-0.3, -0.25) is 0 Å². The zero-order chi connectivity index (χ0) is 11.4. The number of hydrogen-bond acceptors (Lipinski definition) is 1. The van der Waals surface area contributed by atoms with Gasteiger partial charge in [-0.1, -0.05) is 31.9 Å². The van der Waals surface area contributed by atoms with E-state index < -0.39 is 0 Å². The van der Waals surface area contributed by atoms with E-state index in [-0.39, 0.29) is 9.76 Å². The SMILES string of the molecule is C=CCC(CC=C)CCO[SiH2]CCCC. The molecule has 0 saturated heterocycles. The molecule has 0 aromatic carbocycles. The number of allylic oxidation sites excluding steroid dienone is 2. The van der Waals surface area contributed by atoms with Crippen LogP contribution in [0.4, 0.5) is 0 Å². The molecular formula is C13H26OSi. The predicted molar refractivity (Wildman–Crippen MR) is 71.9 cm³/mol. The van der Waals surface area contributed by atoms with Gasteiger partial charge in [0.2, 0.25) is 0 Å². The molecule has 0 aromatic heterocycles. The fraction of sp³-hybridized carbons (Fsp3) is 0.692. The van der Waals surface area contributed by atoms with Crippen LogP contribution >= 0.6 is 0 Å². The summed E-state index contributed by atoms with van der Waals surface area (Å²) < 4.78 is 5.73. The fourth-order valence-corrected chi connectivity index (χ4v) is 2.89. The molecule has 0 spiro atoms. The molecule has 0 unspecified atom stereocenters. The Morgan fingerprint density at radius 3 is 2.47 bits per heavy atom. The highest BCUT2D eigenvalue weighted by Gasteiger charge is 2.04. The third-order valence-corrected chi connectivity index (χ3v) is 3.93. The first kappa shape index (κ1) is 14.7. The van der Waals surface area contributed by atoms with E-state index in [0.717, 1.165) is 25.9 Å². The minimum atomic E-state index is -0.222. The van der Waals surface area contributed by atoms with Crippen LogP contribution in [0, 0.1) is 5.92 Å². The van der Waals surface area contributed by atoms with E-state index in [1.54, 1.807) is 0 Å². The lowest BCUT2D eigenvalue weighted by atomic mass is 9.98. The van der Waals surface area contributed by atoms with Crippen LogP contribution < -0.4 is 0 Å². The second kappa shape index (κ2) is 11.7. The Morgan fingerprint density at radius 1 is 1.27 bits per heavy atom. The molecule has 0 aromatic rings. The summed E-state index contributed by atoms with van der Waals surface area (Å²) in [4.78, 5) is 0. The molecule has 0 aliphatic rings. The Bertz CT molecular complexity index is 147. The van der Waals surface area contributed by atoms with Crippen LogP contribution in [0.5, 0.6) is 0 Å². The van der Waals surface area contributed by atoms with Crippen molar-refractivity contribution >= 4 is 9.76 Å². The van der Waals surface area contributed by atoms with Gasteiger partial charge in [0.1, 0.15) is 0 Å². The smallest absolute Gasteiger partial charge is 0.161 e. The van der Waals surface area contributed by atoms with E-state index in [1.807, 2.05) is 12.2 Å². The summed E-state index contributed by atoms with van der Waals surface area (Å²) in [6.45, 7) is 10.8. The summed E-state index contributed by atoms with van der Waals surface area (Å²) in [5, 5.41) is 0. The van der Waals surface area contributed by atoms with Gasteiger partial charge < -0.3 is 4.43 Å². The zero-order valence-electron chi connectivity index (χ0n) is 10.2. The van der Waals surface area contributed by atoms with Crippen LogP contribution in [0.15, 0.2) is 25.3 Å². The minimum absolute atomic E-state index is 0.222. The quantitative estimate of drug-likeness (QED) is 0.298. The molecule has 0 radical (unpaired) electrons. The maximum atomic E-state index is 5.73. The molecule has 0 atom stereocenters. The van der Waals surface area contributed by atoms with E-state index in [9.17, 15) is 0 Å². The van der Waals surface area contributed by atoms with Crippen molar-refractivity contribution in [2.45, 2.75) is 45.1 Å². The van der Waals surface area contributed by atoms with Crippen LogP contribution in [0.2, 0.25) is 6.04 Å². The molecule has 0 saturated carbocycles. The number of rotatable bonds is 11. The van der Waals surface area contributed by atoms with Gasteiger partial charge in [-0.05, 0) is 31.2 Å². The standard InChI is InChI=1S/C13H26OSi/c1-4-7-12-15-14-11-10-13(8-5-2)9-6-3/h5-6,13H,2-4,7-12,15H2,1H3. The van der Waals surface area contributed by atoms with E-state index in [0.29, 0.717) is 5.92 Å². The summed E-state index contributed by atoms with van der Waals surface area (Å²) in [6.07, 6.45) is 9.99. The van der Waals surface area contributed by atoms with Crippen LogP contribution in [0.1, 0.15) is 39.0 Å². The first-order valence-electron chi connectivity index (χ1n) is 6.14.